The number of anilines is 1. The topological polar surface area (TPSA) is 84.4 Å². The zero-order valence-electron chi connectivity index (χ0n) is 13.0. The third-order valence-corrected chi connectivity index (χ3v) is 5.27. The number of methoxy groups -OCH3 is 1. The number of benzene rings is 1. The number of sulfonamides is 1. The van der Waals surface area contributed by atoms with Crippen molar-refractivity contribution in [2.45, 2.75) is 17.4 Å². The standard InChI is InChI=1S/C15H17FN4O3S/c1-23-15-14(17-6-7-18-15)20-8-5-12(10-20)19-24(21,22)13-4-2-3-11(16)9-13/h2-4,6-7,9,12,19H,5,8,10H2,1H3. The summed E-state index contributed by atoms with van der Waals surface area (Å²) in [6, 6.07) is 4.64. The predicted molar refractivity (Wildman–Crippen MR) is 85.9 cm³/mol. The summed E-state index contributed by atoms with van der Waals surface area (Å²) in [6.45, 7) is 1.05. The van der Waals surface area contributed by atoms with E-state index in [2.05, 4.69) is 14.7 Å². The fraction of sp³-hybridized carbons (Fsp3) is 0.333. The van der Waals surface area contributed by atoms with Gasteiger partial charge in [-0.1, -0.05) is 6.07 Å². The fourth-order valence-corrected chi connectivity index (χ4v) is 3.94. The molecule has 1 aromatic heterocycles. The highest BCUT2D eigenvalue weighted by atomic mass is 32.2. The molecule has 1 N–H and O–H groups in total. The summed E-state index contributed by atoms with van der Waals surface area (Å²) >= 11 is 0. The average molecular weight is 352 g/mol. The van der Waals surface area contributed by atoms with Gasteiger partial charge in [0.1, 0.15) is 5.82 Å². The summed E-state index contributed by atoms with van der Waals surface area (Å²) in [5, 5.41) is 0. The van der Waals surface area contributed by atoms with Gasteiger partial charge in [-0.3, -0.25) is 0 Å². The van der Waals surface area contributed by atoms with E-state index in [0.717, 1.165) is 6.07 Å². The van der Waals surface area contributed by atoms with Crippen LogP contribution in [0.25, 0.3) is 0 Å². The summed E-state index contributed by atoms with van der Waals surface area (Å²) < 4.78 is 45.8. The first kappa shape index (κ1) is 16.6. The Balaban J connectivity index is 1.72. The van der Waals surface area contributed by atoms with E-state index in [4.69, 9.17) is 4.74 Å². The van der Waals surface area contributed by atoms with Gasteiger partial charge in [-0.05, 0) is 24.6 Å². The van der Waals surface area contributed by atoms with Gasteiger partial charge in [0.05, 0.1) is 12.0 Å². The fourth-order valence-electron chi connectivity index (χ4n) is 2.65. The molecule has 0 amide bonds. The molecule has 24 heavy (non-hydrogen) atoms. The molecular weight excluding hydrogens is 335 g/mol. The van der Waals surface area contributed by atoms with Crippen LogP contribution in [0.15, 0.2) is 41.6 Å². The molecule has 0 saturated carbocycles. The second-order valence-corrected chi connectivity index (χ2v) is 7.11. The summed E-state index contributed by atoms with van der Waals surface area (Å²) in [7, 11) is -2.26. The summed E-state index contributed by atoms with van der Waals surface area (Å²) in [4.78, 5) is 10.2. The molecule has 1 atom stereocenters. The Bertz CT molecular complexity index is 831. The van der Waals surface area contributed by atoms with Crippen molar-refractivity contribution in [3.63, 3.8) is 0 Å². The Morgan fingerprint density at radius 3 is 2.88 bits per heavy atom. The van der Waals surface area contributed by atoms with Crippen LogP contribution >= 0.6 is 0 Å². The second kappa shape index (κ2) is 6.70. The van der Waals surface area contributed by atoms with Gasteiger partial charge in [-0.2, -0.15) is 0 Å². The molecule has 1 fully saturated rings. The Morgan fingerprint density at radius 1 is 1.33 bits per heavy atom. The minimum Gasteiger partial charge on any atom is -0.478 e. The molecule has 1 aliphatic rings. The maximum atomic E-state index is 13.2. The molecule has 2 aromatic rings. The van der Waals surface area contributed by atoms with E-state index in [-0.39, 0.29) is 10.9 Å². The zero-order chi connectivity index (χ0) is 17.2. The molecule has 7 nitrogen and oxygen atoms in total. The molecule has 0 radical (unpaired) electrons. The number of nitrogens with zero attached hydrogens (tertiary/aromatic N) is 3. The number of aromatic nitrogens is 2. The quantitative estimate of drug-likeness (QED) is 0.870. The normalized spacial score (nSPS) is 17.9. The first-order valence-electron chi connectivity index (χ1n) is 7.37. The molecular formula is C15H17FN4O3S. The molecule has 2 heterocycles. The van der Waals surface area contributed by atoms with Gasteiger partial charge in [-0.25, -0.2) is 27.5 Å². The van der Waals surface area contributed by atoms with E-state index in [1.807, 2.05) is 4.90 Å². The molecule has 3 rings (SSSR count). The number of halogens is 1. The highest BCUT2D eigenvalue weighted by Crippen LogP contribution is 2.26. The molecule has 0 spiro atoms. The molecule has 1 saturated heterocycles. The third-order valence-electron chi connectivity index (χ3n) is 3.76. The van der Waals surface area contributed by atoms with E-state index in [9.17, 15) is 12.8 Å². The van der Waals surface area contributed by atoms with Crippen molar-refractivity contribution in [1.82, 2.24) is 14.7 Å². The molecule has 128 valence electrons. The Morgan fingerprint density at radius 2 is 2.12 bits per heavy atom. The SMILES string of the molecule is COc1nccnc1N1CCC(NS(=O)(=O)c2cccc(F)c2)C1. The summed E-state index contributed by atoms with van der Waals surface area (Å²) in [5.41, 5.74) is 0. The van der Waals surface area contributed by atoms with Crippen LogP contribution in [-0.2, 0) is 10.0 Å². The van der Waals surface area contributed by atoms with Crippen molar-refractivity contribution >= 4 is 15.8 Å². The third kappa shape index (κ3) is 3.46. The minimum absolute atomic E-state index is 0.0852. The number of rotatable bonds is 5. The maximum absolute atomic E-state index is 13.2. The highest BCUT2D eigenvalue weighted by molar-refractivity contribution is 7.89. The van der Waals surface area contributed by atoms with Crippen molar-refractivity contribution in [2.75, 3.05) is 25.1 Å². The van der Waals surface area contributed by atoms with Crippen LogP contribution < -0.4 is 14.4 Å². The lowest BCUT2D eigenvalue weighted by molar-refractivity contribution is 0.396. The van der Waals surface area contributed by atoms with Gasteiger partial charge in [0, 0.05) is 31.5 Å². The lowest BCUT2D eigenvalue weighted by atomic mass is 10.3. The van der Waals surface area contributed by atoms with Crippen LogP contribution in [0.1, 0.15) is 6.42 Å². The molecule has 0 aliphatic carbocycles. The van der Waals surface area contributed by atoms with Gasteiger partial charge in [0.15, 0.2) is 5.82 Å². The maximum Gasteiger partial charge on any atom is 0.257 e. The predicted octanol–water partition coefficient (Wildman–Crippen LogP) is 1.18. The van der Waals surface area contributed by atoms with Crippen molar-refractivity contribution < 1.29 is 17.5 Å². The van der Waals surface area contributed by atoms with Crippen molar-refractivity contribution in [1.29, 1.82) is 0 Å². The highest BCUT2D eigenvalue weighted by Gasteiger charge is 2.29. The Labute approximate surface area is 139 Å². The smallest absolute Gasteiger partial charge is 0.257 e. The van der Waals surface area contributed by atoms with Crippen molar-refractivity contribution in [3.8, 4) is 5.88 Å². The van der Waals surface area contributed by atoms with Crippen molar-refractivity contribution in [2.24, 2.45) is 0 Å². The van der Waals surface area contributed by atoms with E-state index < -0.39 is 15.8 Å². The molecule has 9 heteroatoms. The number of hydrogen-bond acceptors (Lipinski definition) is 6. The molecule has 1 unspecified atom stereocenters. The van der Waals surface area contributed by atoms with Crippen molar-refractivity contribution in [3.05, 3.63) is 42.5 Å². The number of nitrogens with one attached hydrogen (secondary N) is 1. The zero-order valence-corrected chi connectivity index (χ0v) is 13.8. The number of hydrogen-bond donors (Lipinski definition) is 1. The van der Waals surface area contributed by atoms with Crippen LogP contribution in [0.5, 0.6) is 5.88 Å². The molecule has 1 aliphatic heterocycles. The number of ether oxygens (including phenoxy) is 1. The minimum atomic E-state index is -3.77. The van der Waals surface area contributed by atoms with Crippen LogP contribution in [0.4, 0.5) is 10.2 Å². The largest absolute Gasteiger partial charge is 0.478 e. The van der Waals surface area contributed by atoms with Crippen LogP contribution in [0.3, 0.4) is 0 Å². The van der Waals surface area contributed by atoms with E-state index in [0.29, 0.717) is 31.2 Å². The first-order chi connectivity index (χ1) is 11.5. The molecule has 1 aromatic carbocycles. The van der Waals surface area contributed by atoms with Crippen LogP contribution in [-0.4, -0.2) is 44.6 Å². The van der Waals surface area contributed by atoms with E-state index in [1.54, 1.807) is 6.20 Å². The van der Waals surface area contributed by atoms with Gasteiger partial charge in [0.25, 0.3) is 5.88 Å². The average Bonchev–Trinajstić information content (AvgIpc) is 3.02. The first-order valence-corrected chi connectivity index (χ1v) is 8.86. The lowest BCUT2D eigenvalue weighted by Gasteiger charge is -2.19. The van der Waals surface area contributed by atoms with Gasteiger partial charge < -0.3 is 9.64 Å². The summed E-state index contributed by atoms with van der Waals surface area (Å²) in [5.74, 6) is 0.383. The Kier molecular flexibility index (Phi) is 4.63. The second-order valence-electron chi connectivity index (χ2n) is 5.40. The van der Waals surface area contributed by atoms with Gasteiger partial charge in [-0.15, -0.1) is 0 Å². The van der Waals surface area contributed by atoms with Gasteiger partial charge in [0.2, 0.25) is 10.0 Å². The van der Waals surface area contributed by atoms with E-state index in [1.165, 1.54) is 31.5 Å². The molecule has 0 bridgehead atoms. The van der Waals surface area contributed by atoms with E-state index >= 15 is 0 Å². The summed E-state index contributed by atoms with van der Waals surface area (Å²) in [6.07, 6.45) is 3.69. The van der Waals surface area contributed by atoms with Crippen LogP contribution in [0.2, 0.25) is 0 Å². The lowest BCUT2D eigenvalue weighted by Crippen LogP contribution is -2.37. The Hall–Kier alpha value is -2.26. The monoisotopic (exact) mass is 352 g/mol. The van der Waals surface area contributed by atoms with Crippen LogP contribution in [0, 0.1) is 5.82 Å². The van der Waals surface area contributed by atoms with Gasteiger partial charge >= 0.3 is 0 Å².